The summed E-state index contributed by atoms with van der Waals surface area (Å²) < 4.78 is 0.169. The maximum absolute atomic E-state index is 12.6. The molecule has 1 aromatic carbocycles. The first-order valence-corrected chi connectivity index (χ1v) is 9.04. The molecule has 1 atom stereocenters. The maximum Gasteiger partial charge on any atom is 0.227 e. The Bertz CT molecular complexity index is 477. The van der Waals surface area contributed by atoms with E-state index in [1.807, 2.05) is 23.9 Å². The summed E-state index contributed by atoms with van der Waals surface area (Å²) in [7, 11) is 0. The Morgan fingerprint density at radius 2 is 2.10 bits per heavy atom. The van der Waals surface area contributed by atoms with Gasteiger partial charge in [-0.25, -0.2) is 0 Å². The molecule has 3 nitrogen and oxygen atoms in total. The Hall–Kier alpha value is -1.16. The predicted molar refractivity (Wildman–Crippen MR) is 92.1 cm³/mol. The van der Waals surface area contributed by atoms with Crippen LogP contribution in [0.3, 0.4) is 0 Å². The molecule has 0 aliphatic carbocycles. The molecule has 1 amide bonds. The number of hydrogen-bond donors (Lipinski definition) is 2. The number of anilines is 1. The topological polar surface area (TPSA) is 41.1 Å². The van der Waals surface area contributed by atoms with Gasteiger partial charge in [-0.2, -0.15) is 11.8 Å². The van der Waals surface area contributed by atoms with Gasteiger partial charge in [0.05, 0.1) is 5.92 Å². The molecule has 0 bridgehead atoms. The van der Waals surface area contributed by atoms with Gasteiger partial charge in [0.1, 0.15) is 0 Å². The number of thioether (sulfide) groups is 1. The lowest BCUT2D eigenvalue weighted by atomic mass is 9.90. The Balaban J connectivity index is 2.05. The lowest BCUT2D eigenvalue weighted by Crippen LogP contribution is -2.42. The highest BCUT2D eigenvalue weighted by Crippen LogP contribution is 2.33. The molecule has 1 aromatic rings. The molecule has 0 spiro atoms. The minimum atomic E-state index is -0.0179. The van der Waals surface area contributed by atoms with Crippen molar-refractivity contribution >= 4 is 23.4 Å². The molecule has 0 aromatic heterocycles. The first kappa shape index (κ1) is 16.2. The number of benzene rings is 1. The van der Waals surface area contributed by atoms with E-state index in [1.54, 1.807) is 0 Å². The molecule has 0 radical (unpaired) electrons. The van der Waals surface area contributed by atoms with Crippen molar-refractivity contribution in [2.45, 2.75) is 43.8 Å². The van der Waals surface area contributed by atoms with Crippen LogP contribution in [0.4, 0.5) is 5.69 Å². The molecule has 0 saturated carbocycles. The lowest BCUT2D eigenvalue weighted by Gasteiger charge is -2.32. The van der Waals surface area contributed by atoms with Gasteiger partial charge in [-0.3, -0.25) is 4.79 Å². The Labute approximate surface area is 132 Å². The van der Waals surface area contributed by atoms with Crippen molar-refractivity contribution in [2.24, 2.45) is 0 Å². The van der Waals surface area contributed by atoms with Crippen molar-refractivity contribution in [1.29, 1.82) is 0 Å². The fourth-order valence-electron chi connectivity index (χ4n) is 2.97. The number of hydrogen-bond acceptors (Lipinski definition) is 3. The Morgan fingerprint density at radius 1 is 1.38 bits per heavy atom. The van der Waals surface area contributed by atoms with Crippen molar-refractivity contribution in [3.05, 3.63) is 29.8 Å². The van der Waals surface area contributed by atoms with Crippen LogP contribution in [0.15, 0.2) is 24.3 Å². The van der Waals surface area contributed by atoms with Crippen LogP contribution in [0.5, 0.6) is 0 Å². The summed E-state index contributed by atoms with van der Waals surface area (Å²) >= 11 is 1.86. The van der Waals surface area contributed by atoms with E-state index in [9.17, 15) is 4.79 Å². The second-order valence-corrected chi connectivity index (χ2v) is 6.94. The predicted octanol–water partition coefficient (Wildman–Crippen LogP) is 3.62. The van der Waals surface area contributed by atoms with Gasteiger partial charge >= 0.3 is 0 Å². The molecule has 1 aliphatic heterocycles. The zero-order chi connectivity index (χ0) is 15.3. The van der Waals surface area contributed by atoms with Crippen LogP contribution in [-0.2, 0) is 4.79 Å². The van der Waals surface area contributed by atoms with Crippen LogP contribution < -0.4 is 10.6 Å². The van der Waals surface area contributed by atoms with E-state index in [0.29, 0.717) is 0 Å². The molecule has 116 valence electrons. The Morgan fingerprint density at radius 3 is 2.76 bits per heavy atom. The number of rotatable bonds is 6. The number of nitrogens with one attached hydrogen (secondary N) is 2. The van der Waals surface area contributed by atoms with Gasteiger partial charge in [0.2, 0.25) is 5.91 Å². The van der Waals surface area contributed by atoms with E-state index < -0.39 is 0 Å². The number of amides is 1. The van der Waals surface area contributed by atoms with Crippen LogP contribution in [0, 0.1) is 0 Å². The summed E-state index contributed by atoms with van der Waals surface area (Å²) in [5, 5.41) is 6.57. The summed E-state index contributed by atoms with van der Waals surface area (Å²) in [6, 6.07) is 8.14. The zero-order valence-corrected chi connectivity index (χ0v) is 14.1. The van der Waals surface area contributed by atoms with Crippen molar-refractivity contribution in [3.8, 4) is 0 Å². The number of carbonyl (C=O) groups is 1. The molecule has 1 aliphatic rings. The normalized spacial score (nSPS) is 17.8. The minimum Gasteiger partial charge on any atom is -0.385 e. The van der Waals surface area contributed by atoms with Gasteiger partial charge in [-0.1, -0.05) is 32.0 Å². The molecule has 1 heterocycles. The minimum absolute atomic E-state index is 0.0179. The molecule has 2 rings (SSSR count). The van der Waals surface area contributed by atoms with E-state index >= 15 is 0 Å². The second kappa shape index (κ2) is 7.21. The average molecular weight is 306 g/mol. The first-order chi connectivity index (χ1) is 10.2. The summed E-state index contributed by atoms with van der Waals surface area (Å²) in [6.45, 7) is 6.02. The number of para-hydroxylation sites is 1. The van der Waals surface area contributed by atoms with Gasteiger partial charge in [0.15, 0.2) is 0 Å². The van der Waals surface area contributed by atoms with Crippen LogP contribution >= 0.6 is 11.8 Å². The first-order valence-electron chi connectivity index (χ1n) is 7.81. The van der Waals surface area contributed by atoms with Gasteiger partial charge in [0.25, 0.3) is 0 Å². The van der Waals surface area contributed by atoms with Crippen molar-refractivity contribution in [2.75, 3.05) is 24.7 Å². The van der Waals surface area contributed by atoms with E-state index in [0.717, 1.165) is 43.6 Å². The fourth-order valence-corrected chi connectivity index (χ4v) is 3.77. The number of carbonyl (C=O) groups excluding carboxylic acids is 1. The van der Waals surface area contributed by atoms with Crippen molar-refractivity contribution in [3.63, 3.8) is 0 Å². The van der Waals surface area contributed by atoms with E-state index in [2.05, 4.69) is 42.9 Å². The molecule has 2 N–H and O–H groups in total. The molecular formula is C17H26N2OS. The SMILES string of the molecule is CCC(CC)(CNC(=O)C1CCNc2ccccc21)SC. The highest BCUT2D eigenvalue weighted by Gasteiger charge is 2.29. The summed E-state index contributed by atoms with van der Waals surface area (Å²) in [5.41, 5.74) is 2.23. The smallest absolute Gasteiger partial charge is 0.227 e. The largest absolute Gasteiger partial charge is 0.385 e. The van der Waals surface area contributed by atoms with Crippen molar-refractivity contribution < 1.29 is 4.79 Å². The molecule has 21 heavy (non-hydrogen) atoms. The van der Waals surface area contributed by atoms with Gasteiger partial charge in [-0.15, -0.1) is 0 Å². The van der Waals surface area contributed by atoms with E-state index in [4.69, 9.17) is 0 Å². The average Bonchev–Trinajstić information content (AvgIpc) is 2.56. The third-order valence-electron chi connectivity index (χ3n) is 4.71. The highest BCUT2D eigenvalue weighted by molar-refractivity contribution is 8.00. The maximum atomic E-state index is 12.6. The van der Waals surface area contributed by atoms with E-state index in [1.165, 1.54) is 0 Å². The van der Waals surface area contributed by atoms with Crippen LogP contribution in [-0.4, -0.2) is 30.0 Å². The summed E-state index contributed by atoms with van der Waals surface area (Å²) in [6.07, 6.45) is 5.16. The molecular weight excluding hydrogens is 280 g/mol. The third kappa shape index (κ3) is 3.54. The van der Waals surface area contributed by atoms with E-state index in [-0.39, 0.29) is 16.6 Å². The quantitative estimate of drug-likeness (QED) is 0.843. The number of fused-ring (bicyclic) bond motifs is 1. The standard InChI is InChI=1S/C17H26N2OS/c1-4-17(5-2,21-3)12-19-16(20)14-10-11-18-15-9-7-6-8-13(14)15/h6-9,14,18H,4-5,10-12H2,1-3H3,(H,19,20). The zero-order valence-electron chi connectivity index (χ0n) is 13.2. The highest BCUT2D eigenvalue weighted by atomic mass is 32.2. The molecule has 4 heteroatoms. The molecule has 0 fully saturated rings. The second-order valence-electron chi connectivity index (χ2n) is 5.67. The molecule has 1 unspecified atom stereocenters. The Kier molecular flexibility index (Phi) is 5.57. The fraction of sp³-hybridized carbons (Fsp3) is 0.588. The van der Waals surface area contributed by atoms with Gasteiger partial charge < -0.3 is 10.6 Å². The van der Waals surface area contributed by atoms with Crippen molar-refractivity contribution in [1.82, 2.24) is 5.32 Å². The summed E-state index contributed by atoms with van der Waals surface area (Å²) in [5.74, 6) is 0.153. The third-order valence-corrected chi connectivity index (χ3v) is 6.30. The monoisotopic (exact) mass is 306 g/mol. The van der Waals surface area contributed by atoms with Crippen LogP contribution in [0.2, 0.25) is 0 Å². The van der Waals surface area contributed by atoms with Crippen LogP contribution in [0.25, 0.3) is 0 Å². The molecule has 0 saturated heterocycles. The van der Waals surface area contributed by atoms with Gasteiger partial charge in [0, 0.05) is 23.5 Å². The lowest BCUT2D eigenvalue weighted by molar-refractivity contribution is -0.122. The summed E-state index contributed by atoms with van der Waals surface area (Å²) in [4.78, 5) is 12.6. The van der Waals surface area contributed by atoms with Crippen LogP contribution in [0.1, 0.15) is 44.6 Å². The van der Waals surface area contributed by atoms with Gasteiger partial charge in [-0.05, 0) is 37.1 Å².